The van der Waals surface area contributed by atoms with E-state index in [2.05, 4.69) is 10.6 Å². The third kappa shape index (κ3) is 3.14. The summed E-state index contributed by atoms with van der Waals surface area (Å²) in [7, 11) is 1.61. The Balaban J connectivity index is 1.88. The van der Waals surface area contributed by atoms with Crippen LogP contribution >= 0.6 is 12.2 Å². The average Bonchev–Trinajstić information content (AvgIpc) is 3.22. The maximum Gasteiger partial charge on any atom is 0.167 e. The molecule has 3 aromatic rings. The molecule has 0 unspecified atom stereocenters. The second kappa shape index (κ2) is 7.09. The third-order valence-corrected chi connectivity index (χ3v) is 5.27. The van der Waals surface area contributed by atoms with Gasteiger partial charge < -0.3 is 30.0 Å². The second-order valence-corrected chi connectivity index (χ2v) is 7.11. The van der Waals surface area contributed by atoms with E-state index in [1.54, 1.807) is 25.5 Å². The molecular weight excluding hydrogens is 376 g/mol. The number of methoxy groups -OCH3 is 1. The molecule has 144 valence electrons. The van der Waals surface area contributed by atoms with Gasteiger partial charge in [-0.2, -0.15) is 0 Å². The quantitative estimate of drug-likeness (QED) is 0.502. The maximum atomic E-state index is 10.7. The molecule has 0 radical (unpaired) electrons. The lowest BCUT2D eigenvalue weighted by Gasteiger charge is -2.44. The van der Waals surface area contributed by atoms with E-state index in [1.807, 2.05) is 36.4 Å². The van der Waals surface area contributed by atoms with Crippen molar-refractivity contribution in [3.05, 3.63) is 77.7 Å². The minimum atomic E-state index is -0.830. The lowest BCUT2D eigenvalue weighted by Crippen LogP contribution is -2.57. The molecule has 7 heteroatoms. The van der Waals surface area contributed by atoms with Crippen molar-refractivity contribution in [1.82, 2.24) is 10.6 Å². The number of rotatable bonds is 4. The van der Waals surface area contributed by atoms with Crippen LogP contribution < -0.4 is 15.4 Å². The largest absolute Gasteiger partial charge is 0.508 e. The van der Waals surface area contributed by atoms with Crippen molar-refractivity contribution in [3.8, 4) is 17.2 Å². The second-order valence-electron chi connectivity index (χ2n) is 6.71. The first-order valence-electron chi connectivity index (χ1n) is 8.81. The molecule has 1 saturated heterocycles. The van der Waals surface area contributed by atoms with Crippen molar-refractivity contribution < 1.29 is 19.4 Å². The van der Waals surface area contributed by atoms with Crippen LogP contribution in [0.3, 0.4) is 0 Å². The van der Waals surface area contributed by atoms with Crippen molar-refractivity contribution in [1.29, 1.82) is 0 Å². The van der Waals surface area contributed by atoms with Gasteiger partial charge in [-0.25, -0.2) is 0 Å². The fourth-order valence-corrected chi connectivity index (χ4v) is 4.05. The highest BCUT2D eigenvalue weighted by Crippen LogP contribution is 2.44. The highest BCUT2D eigenvalue weighted by Gasteiger charge is 2.44. The van der Waals surface area contributed by atoms with Crippen LogP contribution in [0.4, 0.5) is 0 Å². The minimum Gasteiger partial charge on any atom is -0.508 e. The molecule has 4 N–H and O–H groups in total. The molecule has 0 bridgehead atoms. The Hall–Kier alpha value is -3.19. The Bertz CT molecular complexity index is 988. The summed E-state index contributed by atoms with van der Waals surface area (Å²) >= 11 is 5.50. The zero-order chi connectivity index (χ0) is 19.7. The van der Waals surface area contributed by atoms with Crippen molar-refractivity contribution in [2.45, 2.75) is 18.0 Å². The van der Waals surface area contributed by atoms with Gasteiger partial charge >= 0.3 is 0 Å². The summed E-state index contributed by atoms with van der Waals surface area (Å²) in [5.41, 5.74) is 0.676. The van der Waals surface area contributed by atoms with E-state index < -0.39 is 5.54 Å². The van der Waals surface area contributed by atoms with Gasteiger partial charge in [0.15, 0.2) is 5.11 Å². The van der Waals surface area contributed by atoms with Gasteiger partial charge in [-0.05, 0) is 54.2 Å². The van der Waals surface area contributed by atoms with E-state index in [-0.39, 0.29) is 17.5 Å². The van der Waals surface area contributed by atoms with E-state index in [9.17, 15) is 10.2 Å². The SMILES string of the molecule is COc1ccc([C@]2(c3ccc(O)cc3O)C[C@H](c3ccco3)NC(=S)N2)cc1. The molecule has 2 heterocycles. The Kier molecular flexibility index (Phi) is 4.60. The van der Waals surface area contributed by atoms with Crippen molar-refractivity contribution in [3.63, 3.8) is 0 Å². The van der Waals surface area contributed by atoms with E-state index >= 15 is 0 Å². The number of thiocarbonyl (C=S) groups is 1. The molecule has 1 aromatic heterocycles. The number of hydrogen-bond acceptors (Lipinski definition) is 5. The number of ether oxygens (including phenoxy) is 1. The van der Waals surface area contributed by atoms with Crippen LogP contribution in [0.1, 0.15) is 29.3 Å². The highest BCUT2D eigenvalue weighted by molar-refractivity contribution is 7.80. The summed E-state index contributed by atoms with van der Waals surface area (Å²) in [5, 5.41) is 27.5. The summed E-state index contributed by atoms with van der Waals surface area (Å²) in [5.74, 6) is 1.45. The summed E-state index contributed by atoms with van der Waals surface area (Å²) in [6.07, 6.45) is 2.14. The van der Waals surface area contributed by atoms with Gasteiger partial charge in [0, 0.05) is 18.1 Å². The Morgan fingerprint density at radius 2 is 1.93 bits per heavy atom. The molecule has 28 heavy (non-hydrogen) atoms. The molecule has 0 aliphatic carbocycles. The molecular formula is C21H20N2O4S. The van der Waals surface area contributed by atoms with Crippen LogP contribution in [0.25, 0.3) is 0 Å². The highest BCUT2D eigenvalue weighted by atomic mass is 32.1. The predicted octanol–water partition coefficient (Wildman–Crippen LogP) is 3.55. The Morgan fingerprint density at radius 1 is 1.14 bits per heavy atom. The summed E-state index contributed by atoms with van der Waals surface area (Å²) < 4.78 is 10.9. The van der Waals surface area contributed by atoms with Crippen LogP contribution in [-0.2, 0) is 5.54 Å². The first-order valence-corrected chi connectivity index (χ1v) is 9.22. The number of nitrogens with one attached hydrogen (secondary N) is 2. The molecule has 0 saturated carbocycles. The van der Waals surface area contributed by atoms with E-state index in [0.717, 1.165) is 17.1 Å². The van der Waals surface area contributed by atoms with Gasteiger partial charge in [0.05, 0.1) is 25.0 Å². The lowest BCUT2D eigenvalue weighted by molar-refractivity contribution is 0.302. The first kappa shape index (κ1) is 18.2. The van der Waals surface area contributed by atoms with Crippen LogP contribution in [0.5, 0.6) is 17.2 Å². The standard InChI is InChI=1S/C21H20N2O4S/c1-26-15-7-4-13(5-8-15)21(16-9-6-14(24)11-18(16)25)12-17(22-20(28)23-21)19-3-2-10-27-19/h2-11,17,24-25H,12H2,1H3,(H2,22,23,28)/t17-,21+/m1/s1. The topological polar surface area (TPSA) is 86.9 Å². The zero-order valence-corrected chi connectivity index (χ0v) is 16.0. The van der Waals surface area contributed by atoms with Crippen LogP contribution in [0.2, 0.25) is 0 Å². The maximum absolute atomic E-state index is 10.7. The number of phenolic OH excluding ortho intramolecular Hbond substituents is 2. The van der Waals surface area contributed by atoms with Gasteiger partial charge in [0.2, 0.25) is 0 Å². The fourth-order valence-electron chi connectivity index (χ4n) is 3.74. The molecule has 6 nitrogen and oxygen atoms in total. The van der Waals surface area contributed by atoms with Crippen LogP contribution in [-0.4, -0.2) is 22.4 Å². The number of hydrogen-bond donors (Lipinski definition) is 4. The van der Waals surface area contributed by atoms with Crippen LogP contribution in [0, 0.1) is 0 Å². The molecule has 2 atom stereocenters. The summed E-state index contributed by atoms with van der Waals surface area (Å²) in [6, 6.07) is 15.7. The minimum absolute atomic E-state index is 0.00905. The molecule has 4 rings (SSSR count). The van der Waals surface area contributed by atoms with Crippen molar-refractivity contribution in [2.75, 3.05) is 7.11 Å². The number of aromatic hydroxyl groups is 2. The molecule has 1 aliphatic heterocycles. The average molecular weight is 396 g/mol. The molecule has 0 amide bonds. The molecule has 0 spiro atoms. The van der Waals surface area contributed by atoms with Gasteiger partial charge in [-0.1, -0.05) is 12.1 Å². The number of furan rings is 1. The first-order chi connectivity index (χ1) is 13.5. The fraction of sp³-hybridized carbons (Fsp3) is 0.190. The predicted molar refractivity (Wildman–Crippen MR) is 108 cm³/mol. The summed E-state index contributed by atoms with van der Waals surface area (Å²) in [4.78, 5) is 0. The van der Waals surface area contributed by atoms with Gasteiger partial charge in [0.25, 0.3) is 0 Å². The van der Waals surface area contributed by atoms with E-state index in [1.165, 1.54) is 6.07 Å². The van der Waals surface area contributed by atoms with Gasteiger partial charge in [-0.15, -0.1) is 0 Å². The Morgan fingerprint density at radius 3 is 2.57 bits per heavy atom. The smallest absolute Gasteiger partial charge is 0.167 e. The lowest BCUT2D eigenvalue weighted by atomic mass is 9.76. The van der Waals surface area contributed by atoms with Gasteiger partial charge in [0.1, 0.15) is 23.0 Å². The zero-order valence-electron chi connectivity index (χ0n) is 15.2. The van der Waals surface area contributed by atoms with Crippen molar-refractivity contribution >= 4 is 17.3 Å². The van der Waals surface area contributed by atoms with E-state index in [4.69, 9.17) is 21.4 Å². The number of phenols is 2. The third-order valence-electron chi connectivity index (χ3n) is 5.05. The monoisotopic (exact) mass is 396 g/mol. The molecule has 1 fully saturated rings. The van der Waals surface area contributed by atoms with Crippen molar-refractivity contribution in [2.24, 2.45) is 0 Å². The molecule has 2 aromatic carbocycles. The number of benzene rings is 2. The van der Waals surface area contributed by atoms with Crippen LogP contribution in [0.15, 0.2) is 65.3 Å². The molecule has 1 aliphatic rings. The summed E-state index contributed by atoms with van der Waals surface area (Å²) in [6.45, 7) is 0. The van der Waals surface area contributed by atoms with Gasteiger partial charge in [-0.3, -0.25) is 0 Å². The normalized spacial score (nSPS) is 21.6. The Labute approximate surface area is 167 Å². The van der Waals surface area contributed by atoms with E-state index in [0.29, 0.717) is 17.1 Å².